The van der Waals surface area contributed by atoms with Crippen molar-refractivity contribution in [2.45, 2.75) is 31.4 Å². The van der Waals surface area contributed by atoms with Crippen LogP contribution in [0.2, 0.25) is 0 Å². The number of aliphatic hydroxyl groups is 1. The summed E-state index contributed by atoms with van der Waals surface area (Å²) in [7, 11) is 0. The Morgan fingerprint density at radius 1 is 1.70 bits per heavy atom. The van der Waals surface area contributed by atoms with Crippen molar-refractivity contribution < 1.29 is 5.11 Å². The van der Waals surface area contributed by atoms with Crippen LogP contribution in [0.1, 0.15) is 19.8 Å². The second-order valence-corrected chi connectivity index (χ2v) is 3.27. The fourth-order valence-electron chi connectivity index (χ4n) is 1.23. The van der Waals surface area contributed by atoms with E-state index < -0.39 is 5.60 Å². The first-order valence-electron chi connectivity index (χ1n) is 3.81. The highest BCUT2D eigenvalue weighted by Crippen LogP contribution is 2.16. The molecule has 10 heavy (non-hydrogen) atoms. The fraction of sp³-hybridized carbons (Fsp3) is 1.00. The van der Waals surface area contributed by atoms with Crippen LogP contribution in [-0.4, -0.2) is 29.8 Å². The van der Waals surface area contributed by atoms with Gasteiger partial charge in [0.2, 0.25) is 0 Å². The van der Waals surface area contributed by atoms with Gasteiger partial charge in [-0.15, -0.1) is 0 Å². The smallest absolute Gasteiger partial charge is 0.0782 e. The highest BCUT2D eigenvalue weighted by atomic mass is 16.3. The molecule has 0 aliphatic carbocycles. The van der Waals surface area contributed by atoms with Crippen LogP contribution < -0.4 is 11.1 Å². The molecule has 0 amide bonds. The van der Waals surface area contributed by atoms with Gasteiger partial charge in [-0.05, 0) is 26.3 Å². The summed E-state index contributed by atoms with van der Waals surface area (Å²) in [5, 5.41) is 12.8. The van der Waals surface area contributed by atoms with Crippen molar-refractivity contribution in [1.82, 2.24) is 5.32 Å². The van der Waals surface area contributed by atoms with Gasteiger partial charge in [0.25, 0.3) is 0 Å². The maximum Gasteiger partial charge on any atom is 0.0782 e. The maximum atomic E-state index is 9.66. The summed E-state index contributed by atoms with van der Waals surface area (Å²) in [5.74, 6) is 0. The van der Waals surface area contributed by atoms with Crippen LogP contribution in [0.4, 0.5) is 0 Å². The molecule has 0 radical (unpaired) electrons. The molecule has 3 heteroatoms. The summed E-state index contributed by atoms with van der Waals surface area (Å²) < 4.78 is 0. The van der Waals surface area contributed by atoms with Crippen LogP contribution in [0.15, 0.2) is 0 Å². The van der Waals surface area contributed by atoms with Crippen LogP contribution in [0.5, 0.6) is 0 Å². The Bertz CT molecular complexity index is 114. The molecule has 1 aliphatic heterocycles. The molecular formula is C7H16N2O. The molecule has 0 aromatic heterocycles. The molecule has 0 aromatic rings. The number of hydrogen-bond donors (Lipinski definition) is 3. The monoisotopic (exact) mass is 144 g/mol. The first-order chi connectivity index (χ1) is 4.63. The van der Waals surface area contributed by atoms with Gasteiger partial charge in [0.05, 0.1) is 5.60 Å². The summed E-state index contributed by atoms with van der Waals surface area (Å²) in [5.41, 5.74) is 5.04. The van der Waals surface area contributed by atoms with Gasteiger partial charge < -0.3 is 16.2 Å². The lowest BCUT2D eigenvalue weighted by atomic mass is 9.93. The van der Waals surface area contributed by atoms with E-state index in [1.54, 1.807) is 0 Å². The van der Waals surface area contributed by atoms with Gasteiger partial charge in [-0.3, -0.25) is 0 Å². The minimum atomic E-state index is -0.663. The quantitative estimate of drug-likeness (QED) is 0.427. The van der Waals surface area contributed by atoms with Gasteiger partial charge in [0.1, 0.15) is 0 Å². The third kappa shape index (κ3) is 1.68. The van der Waals surface area contributed by atoms with Gasteiger partial charge in [0, 0.05) is 12.6 Å². The second-order valence-electron chi connectivity index (χ2n) is 3.27. The topological polar surface area (TPSA) is 58.3 Å². The SMILES string of the molecule is CC1(O)CCCNCC1N. The first kappa shape index (κ1) is 7.98. The van der Waals surface area contributed by atoms with Gasteiger partial charge >= 0.3 is 0 Å². The van der Waals surface area contributed by atoms with E-state index in [1.165, 1.54) is 0 Å². The van der Waals surface area contributed by atoms with Gasteiger partial charge in [-0.1, -0.05) is 0 Å². The molecule has 60 valence electrons. The van der Waals surface area contributed by atoms with Crippen LogP contribution in [-0.2, 0) is 0 Å². The van der Waals surface area contributed by atoms with E-state index in [9.17, 15) is 5.11 Å². The summed E-state index contributed by atoms with van der Waals surface area (Å²) in [6.07, 6.45) is 1.82. The third-order valence-electron chi connectivity index (χ3n) is 2.20. The van der Waals surface area contributed by atoms with E-state index in [0.717, 1.165) is 25.9 Å². The number of nitrogens with one attached hydrogen (secondary N) is 1. The Labute approximate surface area is 61.6 Å². The zero-order chi connectivity index (χ0) is 7.61. The molecule has 0 bridgehead atoms. The molecule has 0 spiro atoms. The molecule has 0 aromatic carbocycles. The second kappa shape index (κ2) is 2.86. The zero-order valence-electron chi connectivity index (χ0n) is 6.43. The number of rotatable bonds is 0. The minimum Gasteiger partial charge on any atom is -0.389 e. The summed E-state index contributed by atoms with van der Waals surface area (Å²) in [6, 6.07) is -0.116. The molecule has 1 aliphatic rings. The third-order valence-corrected chi connectivity index (χ3v) is 2.20. The highest BCUT2D eigenvalue weighted by Gasteiger charge is 2.29. The minimum absolute atomic E-state index is 0.116. The molecule has 1 heterocycles. The molecule has 2 atom stereocenters. The van der Waals surface area contributed by atoms with Crippen LogP contribution in [0, 0.1) is 0 Å². The molecular weight excluding hydrogens is 128 g/mol. The van der Waals surface area contributed by atoms with Crippen molar-refractivity contribution in [2.24, 2.45) is 5.73 Å². The van der Waals surface area contributed by atoms with Crippen LogP contribution in [0.3, 0.4) is 0 Å². The van der Waals surface area contributed by atoms with E-state index in [1.807, 2.05) is 6.92 Å². The Morgan fingerprint density at radius 2 is 2.40 bits per heavy atom. The highest BCUT2D eigenvalue weighted by molar-refractivity contribution is 4.88. The average molecular weight is 144 g/mol. The van der Waals surface area contributed by atoms with E-state index >= 15 is 0 Å². The summed E-state index contributed by atoms with van der Waals surface area (Å²) in [4.78, 5) is 0. The normalized spacial score (nSPS) is 42.9. The van der Waals surface area contributed by atoms with E-state index in [-0.39, 0.29) is 6.04 Å². The van der Waals surface area contributed by atoms with E-state index in [4.69, 9.17) is 5.73 Å². The van der Waals surface area contributed by atoms with Crippen molar-refractivity contribution >= 4 is 0 Å². The molecule has 1 saturated heterocycles. The average Bonchev–Trinajstić information content (AvgIpc) is 1.96. The Hall–Kier alpha value is -0.120. The molecule has 1 fully saturated rings. The Balaban J connectivity index is 2.52. The van der Waals surface area contributed by atoms with Gasteiger partial charge in [0.15, 0.2) is 0 Å². The van der Waals surface area contributed by atoms with Crippen molar-refractivity contribution in [2.75, 3.05) is 13.1 Å². The molecule has 0 saturated carbocycles. The lowest BCUT2D eigenvalue weighted by Crippen LogP contribution is -2.49. The summed E-state index contributed by atoms with van der Waals surface area (Å²) in [6.45, 7) is 3.52. The van der Waals surface area contributed by atoms with Gasteiger partial charge in [-0.25, -0.2) is 0 Å². The first-order valence-corrected chi connectivity index (χ1v) is 3.81. The van der Waals surface area contributed by atoms with Crippen molar-refractivity contribution in [1.29, 1.82) is 0 Å². The summed E-state index contributed by atoms with van der Waals surface area (Å²) >= 11 is 0. The van der Waals surface area contributed by atoms with Crippen molar-refractivity contribution in [3.05, 3.63) is 0 Å². The maximum absolute atomic E-state index is 9.66. The largest absolute Gasteiger partial charge is 0.389 e. The van der Waals surface area contributed by atoms with Crippen molar-refractivity contribution in [3.63, 3.8) is 0 Å². The molecule has 2 unspecified atom stereocenters. The molecule has 1 rings (SSSR count). The lowest BCUT2D eigenvalue weighted by molar-refractivity contribution is 0.0303. The van der Waals surface area contributed by atoms with Gasteiger partial charge in [-0.2, -0.15) is 0 Å². The Kier molecular flexibility index (Phi) is 2.28. The predicted molar refractivity (Wildman–Crippen MR) is 40.7 cm³/mol. The number of hydrogen-bond acceptors (Lipinski definition) is 3. The fourth-order valence-corrected chi connectivity index (χ4v) is 1.23. The molecule has 4 N–H and O–H groups in total. The Morgan fingerprint density at radius 3 is 3.10 bits per heavy atom. The number of nitrogens with two attached hydrogens (primary N) is 1. The zero-order valence-corrected chi connectivity index (χ0v) is 6.43. The van der Waals surface area contributed by atoms with Crippen molar-refractivity contribution in [3.8, 4) is 0 Å². The van der Waals surface area contributed by atoms with Crippen LogP contribution in [0.25, 0.3) is 0 Å². The van der Waals surface area contributed by atoms with Crippen LogP contribution >= 0.6 is 0 Å². The standard InChI is InChI=1S/C7H16N2O/c1-7(10)3-2-4-9-5-6(7)8/h6,9-10H,2-5,8H2,1H3. The predicted octanol–water partition coefficient (Wildman–Crippen LogP) is -0.552. The molecule has 3 nitrogen and oxygen atoms in total. The lowest BCUT2D eigenvalue weighted by Gasteiger charge is -2.27. The van der Waals surface area contributed by atoms with E-state index in [2.05, 4.69) is 5.32 Å². The van der Waals surface area contributed by atoms with E-state index in [0.29, 0.717) is 0 Å².